The lowest BCUT2D eigenvalue weighted by Gasteiger charge is -1.95. The summed E-state index contributed by atoms with van der Waals surface area (Å²) < 4.78 is 3.00. The van der Waals surface area contributed by atoms with E-state index in [2.05, 4.69) is 20.9 Å². The molecule has 2 heterocycles. The fourth-order valence-corrected chi connectivity index (χ4v) is 1.56. The van der Waals surface area contributed by atoms with E-state index >= 15 is 0 Å². The van der Waals surface area contributed by atoms with Crippen molar-refractivity contribution in [1.29, 1.82) is 0 Å². The van der Waals surface area contributed by atoms with Crippen LogP contribution >= 0.6 is 15.9 Å². The van der Waals surface area contributed by atoms with Gasteiger partial charge in [-0.2, -0.15) is 0 Å². The molecule has 0 aromatic carbocycles. The molecule has 13 heavy (non-hydrogen) atoms. The maximum atomic E-state index is 5.73. The molecule has 2 aromatic rings. The average Bonchev–Trinajstić information content (AvgIpc) is 2.46. The van der Waals surface area contributed by atoms with Gasteiger partial charge in [-0.05, 0) is 35.0 Å². The predicted octanol–water partition coefficient (Wildman–Crippen LogP) is 2.12. The summed E-state index contributed by atoms with van der Waals surface area (Å²) in [5, 5.41) is 0. The van der Waals surface area contributed by atoms with E-state index < -0.39 is 0 Å². The Morgan fingerprint density at radius 2 is 2.23 bits per heavy atom. The van der Waals surface area contributed by atoms with Gasteiger partial charge in [-0.3, -0.25) is 0 Å². The van der Waals surface area contributed by atoms with Gasteiger partial charge in [-0.25, -0.2) is 4.98 Å². The number of imidazole rings is 1. The molecule has 0 spiro atoms. The van der Waals surface area contributed by atoms with Crippen molar-refractivity contribution >= 4 is 21.6 Å². The molecular weight excluding hydrogens is 230 g/mol. The molecule has 0 fully saturated rings. The normalized spacial score (nSPS) is 13.5. The number of pyridine rings is 1. The Labute approximate surface area is 84.7 Å². The molecule has 0 saturated heterocycles. The number of aromatic nitrogens is 2. The van der Waals surface area contributed by atoms with Crippen LogP contribution in [0, 0.1) is 0 Å². The molecule has 0 bridgehead atoms. The van der Waals surface area contributed by atoms with Crippen LogP contribution in [-0.2, 0) is 0 Å². The van der Waals surface area contributed by atoms with Crippen LogP contribution in [-0.4, -0.2) is 9.38 Å². The maximum Gasteiger partial charge on any atom is 0.137 e. The Bertz CT molecular complexity index is 433. The Morgan fingerprint density at radius 3 is 2.92 bits per heavy atom. The molecule has 68 valence electrons. The number of halogens is 1. The van der Waals surface area contributed by atoms with E-state index in [0.717, 1.165) is 15.8 Å². The first-order valence-corrected chi connectivity index (χ1v) is 4.86. The highest BCUT2D eigenvalue weighted by Gasteiger charge is 2.04. The second-order valence-electron chi connectivity index (χ2n) is 3.07. The standard InChI is InChI=1S/C9H10BrN3/c1-6(11)8-5-13-4-7(10)2-3-9(13)12-8/h2-6H,11H2,1H3/t6-/m1/s1. The highest BCUT2D eigenvalue weighted by Crippen LogP contribution is 2.14. The maximum absolute atomic E-state index is 5.73. The Kier molecular flexibility index (Phi) is 2.09. The highest BCUT2D eigenvalue weighted by atomic mass is 79.9. The lowest BCUT2D eigenvalue weighted by molar-refractivity contribution is 0.790. The zero-order valence-electron chi connectivity index (χ0n) is 7.24. The number of nitrogens with two attached hydrogens (primary N) is 1. The number of fused-ring (bicyclic) bond motifs is 1. The van der Waals surface area contributed by atoms with Crippen LogP contribution in [0.4, 0.5) is 0 Å². The molecule has 1 atom stereocenters. The van der Waals surface area contributed by atoms with Crippen molar-refractivity contribution in [1.82, 2.24) is 9.38 Å². The van der Waals surface area contributed by atoms with Crippen LogP contribution in [0.5, 0.6) is 0 Å². The minimum Gasteiger partial charge on any atom is -0.323 e. The third-order valence-corrected chi connectivity index (χ3v) is 2.37. The van der Waals surface area contributed by atoms with Gasteiger partial charge in [-0.15, -0.1) is 0 Å². The van der Waals surface area contributed by atoms with Crippen LogP contribution in [0.3, 0.4) is 0 Å². The van der Waals surface area contributed by atoms with Crippen LogP contribution in [0.1, 0.15) is 18.7 Å². The molecule has 0 radical (unpaired) electrons. The number of nitrogens with zero attached hydrogens (tertiary/aromatic N) is 2. The molecule has 0 saturated carbocycles. The van der Waals surface area contributed by atoms with E-state index in [4.69, 9.17) is 5.73 Å². The Morgan fingerprint density at radius 1 is 1.46 bits per heavy atom. The molecule has 3 nitrogen and oxygen atoms in total. The highest BCUT2D eigenvalue weighted by molar-refractivity contribution is 9.10. The average molecular weight is 240 g/mol. The Balaban J connectivity index is 2.62. The van der Waals surface area contributed by atoms with Gasteiger partial charge in [0.15, 0.2) is 0 Å². The predicted molar refractivity (Wildman–Crippen MR) is 55.5 cm³/mol. The van der Waals surface area contributed by atoms with E-state index in [-0.39, 0.29) is 6.04 Å². The summed E-state index contributed by atoms with van der Waals surface area (Å²) in [7, 11) is 0. The van der Waals surface area contributed by atoms with E-state index in [1.165, 1.54) is 0 Å². The van der Waals surface area contributed by atoms with E-state index in [1.54, 1.807) is 0 Å². The number of rotatable bonds is 1. The third kappa shape index (κ3) is 1.59. The van der Waals surface area contributed by atoms with Crippen molar-refractivity contribution in [2.24, 2.45) is 5.73 Å². The second kappa shape index (κ2) is 3.12. The van der Waals surface area contributed by atoms with Gasteiger partial charge in [0.25, 0.3) is 0 Å². The SMILES string of the molecule is C[C@@H](N)c1cn2cc(Br)ccc2n1. The molecule has 2 aromatic heterocycles. The summed E-state index contributed by atoms with van der Waals surface area (Å²) in [5.41, 5.74) is 7.57. The van der Waals surface area contributed by atoms with Crippen LogP contribution in [0.2, 0.25) is 0 Å². The lowest BCUT2D eigenvalue weighted by Crippen LogP contribution is -2.04. The van der Waals surface area contributed by atoms with Crippen molar-refractivity contribution in [3.8, 4) is 0 Å². The molecule has 0 amide bonds. The van der Waals surface area contributed by atoms with E-state index in [1.807, 2.05) is 35.9 Å². The van der Waals surface area contributed by atoms with Gasteiger partial charge in [0, 0.05) is 22.9 Å². The molecule has 2 N–H and O–H groups in total. The molecule has 0 aliphatic rings. The minimum absolute atomic E-state index is 0.0151. The molecule has 2 rings (SSSR count). The zero-order chi connectivity index (χ0) is 9.42. The van der Waals surface area contributed by atoms with Crippen LogP contribution in [0.25, 0.3) is 5.65 Å². The summed E-state index contributed by atoms with van der Waals surface area (Å²) in [4.78, 5) is 4.37. The third-order valence-electron chi connectivity index (χ3n) is 1.90. The van der Waals surface area contributed by atoms with Crippen LogP contribution in [0.15, 0.2) is 29.0 Å². The van der Waals surface area contributed by atoms with Crippen molar-refractivity contribution in [2.45, 2.75) is 13.0 Å². The molecular formula is C9H10BrN3. The second-order valence-corrected chi connectivity index (χ2v) is 3.98. The number of hydrogen-bond acceptors (Lipinski definition) is 2. The zero-order valence-corrected chi connectivity index (χ0v) is 8.82. The summed E-state index contributed by atoms with van der Waals surface area (Å²) in [6, 6.07) is 3.90. The smallest absolute Gasteiger partial charge is 0.137 e. The fraction of sp³-hybridized carbons (Fsp3) is 0.222. The monoisotopic (exact) mass is 239 g/mol. The van der Waals surface area contributed by atoms with Crippen molar-refractivity contribution < 1.29 is 0 Å². The minimum atomic E-state index is -0.0151. The van der Waals surface area contributed by atoms with Gasteiger partial charge in [0.1, 0.15) is 5.65 Å². The van der Waals surface area contributed by atoms with E-state index in [0.29, 0.717) is 0 Å². The fourth-order valence-electron chi connectivity index (χ4n) is 1.20. The summed E-state index contributed by atoms with van der Waals surface area (Å²) in [6.07, 6.45) is 3.92. The van der Waals surface area contributed by atoms with Gasteiger partial charge < -0.3 is 10.1 Å². The van der Waals surface area contributed by atoms with Crippen molar-refractivity contribution in [3.63, 3.8) is 0 Å². The molecule has 0 aliphatic carbocycles. The first-order valence-electron chi connectivity index (χ1n) is 4.06. The Hall–Kier alpha value is -0.870. The van der Waals surface area contributed by atoms with Crippen LogP contribution < -0.4 is 5.73 Å². The first kappa shape index (κ1) is 8.72. The topological polar surface area (TPSA) is 43.3 Å². The molecule has 0 aliphatic heterocycles. The quantitative estimate of drug-likeness (QED) is 0.829. The van der Waals surface area contributed by atoms with Crippen molar-refractivity contribution in [2.75, 3.05) is 0 Å². The summed E-state index contributed by atoms with van der Waals surface area (Å²) in [6.45, 7) is 1.93. The largest absolute Gasteiger partial charge is 0.323 e. The first-order chi connectivity index (χ1) is 6.16. The van der Waals surface area contributed by atoms with Gasteiger partial charge in [0.2, 0.25) is 0 Å². The van der Waals surface area contributed by atoms with Crippen molar-refractivity contribution in [3.05, 3.63) is 34.7 Å². The van der Waals surface area contributed by atoms with Gasteiger partial charge in [-0.1, -0.05) is 0 Å². The molecule has 4 heteroatoms. The summed E-state index contributed by atoms with van der Waals surface area (Å²) in [5.74, 6) is 0. The van der Waals surface area contributed by atoms with E-state index in [9.17, 15) is 0 Å². The number of hydrogen-bond donors (Lipinski definition) is 1. The van der Waals surface area contributed by atoms with Gasteiger partial charge in [0.05, 0.1) is 5.69 Å². The lowest BCUT2D eigenvalue weighted by atomic mass is 10.3. The molecule has 0 unspecified atom stereocenters. The summed E-state index contributed by atoms with van der Waals surface area (Å²) >= 11 is 3.40. The van der Waals surface area contributed by atoms with Gasteiger partial charge >= 0.3 is 0 Å².